The van der Waals surface area contributed by atoms with Crippen molar-refractivity contribution < 1.29 is 4.74 Å². The lowest BCUT2D eigenvalue weighted by atomic mass is 10.3. The Kier molecular flexibility index (Phi) is 6.42. The number of fused-ring (bicyclic) bond motifs is 1. The highest BCUT2D eigenvalue weighted by atomic mass is 79.9. The van der Waals surface area contributed by atoms with Crippen LogP contribution in [0.15, 0.2) is 23.2 Å². The van der Waals surface area contributed by atoms with Gasteiger partial charge in [-0.25, -0.2) is 9.97 Å². The van der Waals surface area contributed by atoms with Gasteiger partial charge >= 0.3 is 0 Å². The highest BCUT2D eigenvalue weighted by molar-refractivity contribution is 9.10. The Bertz CT molecular complexity index is 529. The number of halogens is 1. The molecule has 0 unspecified atom stereocenters. The van der Waals surface area contributed by atoms with Crippen molar-refractivity contribution in [3.63, 3.8) is 0 Å². The standard InChI is InChI=1S/C14H21BrN4O/c1-2-3-6-20-7-4-5-16-8-12-9-18-14-10-17-13(15)11-19(12)14/h9-11,16H,2-8H2,1H3. The minimum atomic E-state index is 0.798. The first kappa shape index (κ1) is 15.4. The average molecular weight is 341 g/mol. The van der Waals surface area contributed by atoms with Crippen LogP contribution in [0.3, 0.4) is 0 Å². The van der Waals surface area contributed by atoms with Gasteiger partial charge in [0.2, 0.25) is 0 Å². The summed E-state index contributed by atoms with van der Waals surface area (Å²) in [5.74, 6) is 0. The van der Waals surface area contributed by atoms with Crippen molar-refractivity contribution in [2.75, 3.05) is 19.8 Å². The van der Waals surface area contributed by atoms with E-state index in [-0.39, 0.29) is 0 Å². The van der Waals surface area contributed by atoms with Gasteiger partial charge in [0.1, 0.15) is 4.60 Å². The molecule has 0 aromatic carbocycles. The fraction of sp³-hybridized carbons (Fsp3) is 0.571. The van der Waals surface area contributed by atoms with Gasteiger partial charge in [0, 0.05) is 26.0 Å². The van der Waals surface area contributed by atoms with E-state index in [1.165, 1.54) is 6.42 Å². The number of hydrogen-bond acceptors (Lipinski definition) is 4. The van der Waals surface area contributed by atoms with Crippen LogP contribution in [0.4, 0.5) is 0 Å². The molecule has 0 amide bonds. The van der Waals surface area contributed by atoms with Gasteiger partial charge in [-0.15, -0.1) is 0 Å². The summed E-state index contributed by atoms with van der Waals surface area (Å²) >= 11 is 3.38. The van der Waals surface area contributed by atoms with E-state index in [0.717, 1.165) is 55.1 Å². The lowest BCUT2D eigenvalue weighted by Gasteiger charge is -2.06. The van der Waals surface area contributed by atoms with E-state index in [1.54, 1.807) is 6.20 Å². The Morgan fingerprint density at radius 3 is 2.95 bits per heavy atom. The Hall–Kier alpha value is -0.980. The lowest BCUT2D eigenvalue weighted by Crippen LogP contribution is -2.17. The van der Waals surface area contributed by atoms with Crippen LogP contribution in [0, 0.1) is 0 Å². The van der Waals surface area contributed by atoms with Crippen LogP contribution in [-0.4, -0.2) is 34.1 Å². The van der Waals surface area contributed by atoms with Crippen LogP contribution in [0.1, 0.15) is 31.9 Å². The molecule has 0 saturated carbocycles. The van der Waals surface area contributed by atoms with Gasteiger partial charge in [0.25, 0.3) is 0 Å². The molecule has 0 fully saturated rings. The molecule has 2 aromatic rings. The average Bonchev–Trinajstić information content (AvgIpc) is 2.84. The van der Waals surface area contributed by atoms with Gasteiger partial charge in [-0.05, 0) is 35.3 Å². The molecule has 0 radical (unpaired) electrons. The van der Waals surface area contributed by atoms with Gasteiger partial charge in [-0.2, -0.15) is 0 Å². The topological polar surface area (TPSA) is 51.5 Å². The van der Waals surface area contributed by atoms with Crippen LogP contribution < -0.4 is 5.32 Å². The Balaban J connectivity index is 1.69. The fourth-order valence-electron chi connectivity index (χ4n) is 1.91. The van der Waals surface area contributed by atoms with Crippen molar-refractivity contribution in [1.29, 1.82) is 0 Å². The maximum absolute atomic E-state index is 5.53. The lowest BCUT2D eigenvalue weighted by molar-refractivity contribution is 0.128. The number of imidazole rings is 1. The second kappa shape index (κ2) is 8.34. The molecule has 0 atom stereocenters. The number of ether oxygens (including phenoxy) is 1. The van der Waals surface area contributed by atoms with Crippen LogP contribution in [0.2, 0.25) is 0 Å². The van der Waals surface area contributed by atoms with Gasteiger partial charge in [-0.1, -0.05) is 13.3 Å². The molecule has 0 aliphatic rings. The van der Waals surface area contributed by atoms with Gasteiger partial charge in [-0.3, -0.25) is 4.40 Å². The van der Waals surface area contributed by atoms with Crippen LogP contribution in [-0.2, 0) is 11.3 Å². The van der Waals surface area contributed by atoms with Gasteiger partial charge in [0.05, 0.1) is 18.1 Å². The first-order valence-electron chi connectivity index (χ1n) is 7.07. The third kappa shape index (κ3) is 4.54. The van der Waals surface area contributed by atoms with E-state index >= 15 is 0 Å². The minimum absolute atomic E-state index is 0.798. The zero-order valence-corrected chi connectivity index (χ0v) is 13.4. The number of hydrogen-bond donors (Lipinski definition) is 1. The molecule has 0 spiro atoms. The van der Waals surface area contributed by atoms with Crippen molar-refractivity contribution in [2.45, 2.75) is 32.7 Å². The monoisotopic (exact) mass is 340 g/mol. The minimum Gasteiger partial charge on any atom is -0.381 e. The molecule has 0 aliphatic carbocycles. The van der Waals surface area contributed by atoms with Crippen molar-refractivity contribution in [2.24, 2.45) is 0 Å². The molecule has 0 bridgehead atoms. The van der Waals surface area contributed by atoms with Crippen molar-refractivity contribution in [3.8, 4) is 0 Å². The molecule has 110 valence electrons. The number of aromatic nitrogens is 3. The van der Waals surface area contributed by atoms with E-state index in [9.17, 15) is 0 Å². The van der Waals surface area contributed by atoms with Crippen LogP contribution >= 0.6 is 15.9 Å². The highest BCUT2D eigenvalue weighted by Crippen LogP contribution is 2.10. The molecule has 2 aromatic heterocycles. The van der Waals surface area contributed by atoms with Crippen molar-refractivity contribution in [3.05, 3.63) is 28.9 Å². The number of unbranched alkanes of at least 4 members (excludes halogenated alkanes) is 1. The number of rotatable bonds is 9. The largest absolute Gasteiger partial charge is 0.381 e. The SMILES string of the molecule is CCCCOCCCNCc1cnc2cnc(Br)cn12. The normalized spacial score (nSPS) is 11.3. The first-order chi connectivity index (χ1) is 9.81. The predicted octanol–water partition coefficient (Wildman–Crippen LogP) is 2.79. The summed E-state index contributed by atoms with van der Waals surface area (Å²) in [5.41, 5.74) is 2.00. The van der Waals surface area contributed by atoms with Crippen LogP contribution in [0.25, 0.3) is 5.65 Å². The molecule has 5 nitrogen and oxygen atoms in total. The Morgan fingerprint density at radius 2 is 2.10 bits per heavy atom. The summed E-state index contributed by atoms with van der Waals surface area (Å²) in [4.78, 5) is 8.49. The quantitative estimate of drug-likeness (QED) is 0.713. The molecule has 2 rings (SSSR count). The van der Waals surface area contributed by atoms with Gasteiger partial charge in [0.15, 0.2) is 5.65 Å². The summed E-state index contributed by atoms with van der Waals surface area (Å²) in [6.45, 7) is 5.63. The zero-order chi connectivity index (χ0) is 14.2. The Labute approximate surface area is 127 Å². The molecule has 2 heterocycles. The first-order valence-corrected chi connectivity index (χ1v) is 7.86. The third-order valence-corrected chi connectivity index (χ3v) is 3.44. The molecule has 20 heavy (non-hydrogen) atoms. The fourth-order valence-corrected chi connectivity index (χ4v) is 2.22. The summed E-state index contributed by atoms with van der Waals surface area (Å²) in [6.07, 6.45) is 8.96. The van der Waals surface area contributed by atoms with E-state index in [2.05, 4.69) is 38.1 Å². The number of nitrogens with zero attached hydrogens (tertiary/aromatic N) is 3. The summed E-state index contributed by atoms with van der Waals surface area (Å²) in [5, 5.41) is 3.41. The number of nitrogens with one attached hydrogen (secondary N) is 1. The molecule has 6 heteroatoms. The van der Waals surface area contributed by atoms with E-state index in [1.807, 2.05) is 16.8 Å². The smallest absolute Gasteiger partial charge is 0.155 e. The van der Waals surface area contributed by atoms with Crippen molar-refractivity contribution >= 4 is 21.6 Å². The van der Waals surface area contributed by atoms with E-state index in [0.29, 0.717) is 0 Å². The second-order valence-electron chi connectivity index (χ2n) is 4.68. The third-order valence-electron chi connectivity index (χ3n) is 3.03. The molecule has 1 N–H and O–H groups in total. The van der Waals surface area contributed by atoms with E-state index < -0.39 is 0 Å². The molecular formula is C14H21BrN4O. The highest BCUT2D eigenvalue weighted by Gasteiger charge is 2.03. The Morgan fingerprint density at radius 1 is 1.25 bits per heavy atom. The molecular weight excluding hydrogens is 320 g/mol. The molecule has 0 aliphatic heterocycles. The summed E-state index contributed by atoms with van der Waals surface area (Å²) < 4.78 is 8.38. The van der Waals surface area contributed by atoms with Crippen LogP contribution in [0.5, 0.6) is 0 Å². The maximum atomic E-state index is 5.53. The van der Waals surface area contributed by atoms with E-state index in [4.69, 9.17) is 4.74 Å². The zero-order valence-electron chi connectivity index (χ0n) is 11.8. The summed E-state index contributed by atoms with van der Waals surface area (Å²) in [6, 6.07) is 0. The predicted molar refractivity (Wildman–Crippen MR) is 82.7 cm³/mol. The maximum Gasteiger partial charge on any atom is 0.155 e. The summed E-state index contributed by atoms with van der Waals surface area (Å²) in [7, 11) is 0. The second-order valence-corrected chi connectivity index (χ2v) is 5.50. The van der Waals surface area contributed by atoms with Crippen molar-refractivity contribution in [1.82, 2.24) is 19.7 Å². The van der Waals surface area contributed by atoms with Gasteiger partial charge < -0.3 is 10.1 Å². The molecule has 0 saturated heterocycles.